The second kappa shape index (κ2) is 7.07. The highest BCUT2D eigenvalue weighted by molar-refractivity contribution is 7.15. The second-order valence-electron chi connectivity index (χ2n) is 4.73. The minimum atomic E-state index is 0.316. The van der Waals surface area contributed by atoms with Crippen LogP contribution in [0.3, 0.4) is 0 Å². The van der Waals surface area contributed by atoms with E-state index in [-0.39, 0.29) is 0 Å². The van der Waals surface area contributed by atoms with E-state index in [1.54, 1.807) is 18.4 Å². The predicted octanol–water partition coefficient (Wildman–Crippen LogP) is 2.59. The molecule has 0 saturated heterocycles. The van der Waals surface area contributed by atoms with Crippen molar-refractivity contribution in [1.82, 2.24) is 4.98 Å². The fourth-order valence-electron chi connectivity index (χ4n) is 1.77. The van der Waals surface area contributed by atoms with E-state index in [9.17, 15) is 0 Å². The first-order chi connectivity index (χ1) is 8.54. The number of nitrogens with zero attached hydrogens (tertiary/aromatic N) is 2. The molecule has 2 N–H and O–H groups in total. The smallest absolute Gasteiger partial charge is 0.185 e. The fraction of sp³-hybridized carbons (Fsp3) is 0.769. The second-order valence-corrected chi connectivity index (χ2v) is 5.80. The third-order valence-electron chi connectivity index (χ3n) is 3.35. The Morgan fingerprint density at radius 2 is 2.11 bits per heavy atom. The van der Waals surface area contributed by atoms with Gasteiger partial charge in [0.05, 0.1) is 18.3 Å². The monoisotopic (exact) mass is 271 g/mol. The zero-order valence-electron chi connectivity index (χ0n) is 12.1. The number of rotatable bonds is 7. The maximum Gasteiger partial charge on any atom is 0.185 e. The summed E-state index contributed by atoms with van der Waals surface area (Å²) in [6.45, 7) is 7.80. The van der Waals surface area contributed by atoms with Crippen LogP contribution in [-0.2, 0) is 11.3 Å². The molecule has 0 bridgehead atoms. The number of likely N-dealkylation sites (N-methyl/N-ethyl adjacent to an activating group) is 1. The SMILES string of the molecule is CCC(C)c1nc(N(C)C(C)COC)sc1CN. The number of anilines is 1. The number of hydrogen-bond donors (Lipinski definition) is 1. The lowest BCUT2D eigenvalue weighted by Crippen LogP contribution is -2.32. The van der Waals surface area contributed by atoms with E-state index in [2.05, 4.69) is 32.7 Å². The highest BCUT2D eigenvalue weighted by atomic mass is 32.1. The molecule has 1 aromatic rings. The van der Waals surface area contributed by atoms with Gasteiger partial charge >= 0.3 is 0 Å². The summed E-state index contributed by atoms with van der Waals surface area (Å²) in [7, 11) is 3.78. The lowest BCUT2D eigenvalue weighted by molar-refractivity contribution is 0.183. The average Bonchev–Trinajstić information content (AvgIpc) is 2.81. The molecule has 0 aliphatic rings. The average molecular weight is 271 g/mol. The molecule has 2 atom stereocenters. The molecule has 0 aliphatic heterocycles. The van der Waals surface area contributed by atoms with Crippen LogP contribution in [0.4, 0.5) is 5.13 Å². The predicted molar refractivity (Wildman–Crippen MR) is 78.5 cm³/mol. The number of nitrogens with two attached hydrogens (primary N) is 1. The molecule has 0 saturated carbocycles. The number of aromatic nitrogens is 1. The van der Waals surface area contributed by atoms with Crippen LogP contribution >= 0.6 is 11.3 Å². The first kappa shape index (κ1) is 15.4. The highest BCUT2D eigenvalue weighted by Crippen LogP contribution is 2.32. The lowest BCUT2D eigenvalue weighted by Gasteiger charge is -2.23. The van der Waals surface area contributed by atoms with Gasteiger partial charge in [-0.1, -0.05) is 13.8 Å². The van der Waals surface area contributed by atoms with Crippen molar-refractivity contribution >= 4 is 16.5 Å². The van der Waals surface area contributed by atoms with Crippen LogP contribution in [-0.4, -0.2) is 31.8 Å². The van der Waals surface area contributed by atoms with Gasteiger partial charge in [0.2, 0.25) is 0 Å². The van der Waals surface area contributed by atoms with E-state index in [1.165, 1.54) is 4.88 Å². The number of thiazole rings is 1. The Hall–Kier alpha value is -0.650. The standard InChI is InChI=1S/C13H25N3OS/c1-6-9(2)12-11(7-14)18-13(15-12)16(4)10(3)8-17-5/h9-10H,6-8,14H2,1-5H3. The van der Waals surface area contributed by atoms with Crippen molar-refractivity contribution in [1.29, 1.82) is 0 Å². The Bertz CT molecular complexity index is 367. The van der Waals surface area contributed by atoms with E-state index in [0.29, 0.717) is 25.1 Å². The third-order valence-corrected chi connectivity index (χ3v) is 4.54. The number of ether oxygens (including phenoxy) is 1. The highest BCUT2D eigenvalue weighted by Gasteiger charge is 2.19. The zero-order valence-corrected chi connectivity index (χ0v) is 12.9. The first-order valence-electron chi connectivity index (χ1n) is 6.46. The maximum atomic E-state index is 5.82. The van der Waals surface area contributed by atoms with Gasteiger partial charge < -0.3 is 15.4 Å². The Morgan fingerprint density at radius 3 is 2.61 bits per heavy atom. The molecule has 1 heterocycles. The van der Waals surface area contributed by atoms with Gasteiger partial charge in [-0.3, -0.25) is 0 Å². The minimum Gasteiger partial charge on any atom is -0.383 e. The van der Waals surface area contributed by atoms with Gasteiger partial charge in [0, 0.05) is 25.6 Å². The van der Waals surface area contributed by atoms with Crippen LogP contribution in [0.1, 0.15) is 43.7 Å². The molecule has 0 radical (unpaired) electrons. The molecule has 1 aromatic heterocycles. The maximum absolute atomic E-state index is 5.82. The summed E-state index contributed by atoms with van der Waals surface area (Å²) in [6.07, 6.45) is 1.09. The molecule has 0 fully saturated rings. The van der Waals surface area contributed by atoms with Gasteiger partial charge in [0.25, 0.3) is 0 Å². The van der Waals surface area contributed by atoms with Gasteiger partial charge in [-0.25, -0.2) is 4.98 Å². The third kappa shape index (κ3) is 3.43. The quantitative estimate of drug-likeness (QED) is 0.828. The molecule has 0 amide bonds. The normalized spacial score (nSPS) is 14.6. The first-order valence-corrected chi connectivity index (χ1v) is 7.28. The molecular formula is C13H25N3OS. The number of hydrogen-bond acceptors (Lipinski definition) is 5. The van der Waals surface area contributed by atoms with Gasteiger partial charge in [-0.05, 0) is 19.3 Å². The summed E-state index contributed by atoms with van der Waals surface area (Å²) >= 11 is 1.70. The van der Waals surface area contributed by atoms with Crippen LogP contribution in [0.2, 0.25) is 0 Å². The minimum absolute atomic E-state index is 0.316. The van der Waals surface area contributed by atoms with E-state index in [0.717, 1.165) is 17.2 Å². The van der Waals surface area contributed by atoms with Crippen molar-refractivity contribution in [2.45, 2.75) is 45.7 Å². The summed E-state index contributed by atoms with van der Waals surface area (Å²) in [6, 6.07) is 0.316. The van der Waals surface area contributed by atoms with E-state index < -0.39 is 0 Å². The molecule has 5 heteroatoms. The van der Waals surface area contributed by atoms with Crippen molar-refractivity contribution in [2.24, 2.45) is 5.73 Å². The van der Waals surface area contributed by atoms with Crippen molar-refractivity contribution < 1.29 is 4.74 Å². The van der Waals surface area contributed by atoms with Gasteiger partial charge in [0.15, 0.2) is 5.13 Å². The summed E-state index contributed by atoms with van der Waals surface area (Å²) in [5, 5.41) is 1.04. The molecule has 0 aliphatic carbocycles. The fourth-order valence-corrected chi connectivity index (χ4v) is 2.89. The molecule has 1 rings (SSSR count). The summed E-state index contributed by atoms with van der Waals surface area (Å²) in [5.41, 5.74) is 6.98. The van der Waals surface area contributed by atoms with Crippen molar-refractivity contribution in [3.63, 3.8) is 0 Å². The molecule has 104 valence electrons. The van der Waals surface area contributed by atoms with E-state index in [1.807, 2.05) is 0 Å². The molecule has 2 unspecified atom stereocenters. The molecular weight excluding hydrogens is 246 g/mol. The number of methoxy groups -OCH3 is 1. The molecule has 4 nitrogen and oxygen atoms in total. The van der Waals surface area contributed by atoms with Crippen molar-refractivity contribution in [3.8, 4) is 0 Å². The van der Waals surface area contributed by atoms with Crippen molar-refractivity contribution in [3.05, 3.63) is 10.6 Å². The summed E-state index contributed by atoms with van der Waals surface area (Å²) < 4.78 is 5.19. The molecule has 18 heavy (non-hydrogen) atoms. The van der Waals surface area contributed by atoms with Crippen LogP contribution in [0.15, 0.2) is 0 Å². The summed E-state index contributed by atoms with van der Waals surface area (Å²) in [4.78, 5) is 8.13. The van der Waals surface area contributed by atoms with E-state index >= 15 is 0 Å². The van der Waals surface area contributed by atoms with Crippen LogP contribution < -0.4 is 10.6 Å². The van der Waals surface area contributed by atoms with E-state index in [4.69, 9.17) is 15.5 Å². The molecule has 0 spiro atoms. The van der Waals surface area contributed by atoms with Crippen LogP contribution in [0.5, 0.6) is 0 Å². The van der Waals surface area contributed by atoms with Gasteiger partial charge in [-0.15, -0.1) is 11.3 Å². The lowest BCUT2D eigenvalue weighted by atomic mass is 10.0. The Labute approximate surface area is 114 Å². The van der Waals surface area contributed by atoms with Crippen LogP contribution in [0, 0.1) is 0 Å². The Balaban J connectivity index is 2.93. The Morgan fingerprint density at radius 1 is 1.44 bits per heavy atom. The van der Waals surface area contributed by atoms with Crippen LogP contribution in [0.25, 0.3) is 0 Å². The zero-order chi connectivity index (χ0) is 13.7. The summed E-state index contributed by atoms with van der Waals surface area (Å²) in [5.74, 6) is 0.472. The topological polar surface area (TPSA) is 51.4 Å². The van der Waals surface area contributed by atoms with Gasteiger partial charge in [-0.2, -0.15) is 0 Å². The molecule has 0 aromatic carbocycles. The van der Waals surface area contributed by atoms with Crippen molar-refractivity contribution in [2.75, 3.05) is 25.7 Å². The Kier molecular flexibility index (Phi) is 6.05. The largest absolute Gasteiger partial charge is 0.383 e. The van der Waals surface area contributed by atoms with Gasteiger partial charge in [0.1, 0.15) is 0 Å².